The Morgan fingerprint density at radius 1 is 1.53 bits per heavy atom. The van der Waals surface area contributed by atoms with Gasteiger partial charge in [0.05, 0.1) is 6.61 Å². The first-order chi connectivity index (χ1) is 6.98. The fourth-order valence-electron chi connectivity index (χ4n) is 1.18. The van der Waals surface area contributed by atoms with E-state index in [0.29, 0.717) is 17.9 Å². The molecular weight excluding hydrogens is 196 g/mol. The van der Waals surface area contributed by atoms with Crippen LogP contribution < -0.4 is 4.74 Å². The van der Waals surface area contributed by atoms with Gasteiger partial charge >= 0.3 is 5.97 Å². The van der Waals surface area contributed by atoms with Crippen LogP contribution in [-0.2, 0) is 10.4 Å². The maximum Gasteiger partial charge on any atom is 0.340 e. The number of hydrogen-bond acceptors (Lipinski definition) is 3. The average molecular weight is 210 g/mol. The lowest BCUT2D eigenvalue weighted by Gasteiger charge is -2.18. The molecule has 0 aliphatic carbocycles. The molecule has 4 heteroatoms. The van der Waals surface area contributed by atoms with Crippen LogP contribution in [0.3, 0.4) is 0 Å². The molecule has 1 rings (SSSR count). The summed E-state index contributed by atoms with van der Waals surface area (Å²) < 4.78 is 5.22. The minimum atomic E-state index is -1.88. The number of rotatable bonds is 4. The standard InChI is InChI=1S/C11H14O4/c1-3-15-9-6-4-5-8(7-9)11(2,14)10(12)13/h4-7,14H,3H2,1-2H3,(H,12,13). The van der Waals surface area contributed by atoms with Crippen molar-refractivity contribution in [2.24, 2.45) is 0 Å². The number of hydrogen-bond donors (Lipinski definition) is 2. The second kappa shape index (κ2) is 4.31. The SMILES string of the molecule is CCOc1cccc(C(C)(O)C(=O)O)c1. The predicted molar refractivity (Wildman–Crippen MR) is 54.8 cm³/mol. The molecule has 0 heterocycles. The zero-order chi connectivity index (χ0) is 11.5. The zero-order valence-corrected chi connectivity index (χ0v) is 8.73. The molecule has 1 aromatic carbocycles. The number of aliphatic hydroxyl groups is 1. The third kappa shape index (κ3) is 2.47. The van der Waals surface area contributed by atoms with E-state index in [-0.39, 0.29) is 0 Å². The third-order valence-electron chi connectivity index (χ3n) is 2.12. The Morgan fingerprint density at radius 2 is 2.20 bits per heavy atom. The summed E-state index contributed by atoms with van der Waals surface area (Å²) in [6.45, 7) is 3.57. The molecule has 0 spiro atoms. The predicted octanol–water partition coefficient (Wildman–Crippen LogP) is 1.38. The van der Waals surface area contributed by atoms with Crippen molar-refractivity contribution in [1.82, 2.24) is 0 Å². The molecule has 2 N–H and O–H groups in total. The van der Waals surface area contributed by atoms with Crippen molar-refractivity contribution in [3.05, 3.63) is 29.8 Å². The Balaban J connectivity index is 3.04. The summed E-state index contributed by atoms with van der Waals surface area (Å²) >= 11 is 0. The molecule has 0 fully saturated rings. The van der Waals surface area contributed by atoms with E-state index < -0.39 is 11.6 Å². The van der Waals surface area contributed by atoms with Gasteiger partial charge in [-0.2, -0.15) is 0 Å². The van der Waals surface area contributed by atoms with E-state index in [0.717, 1.165) is 0 Å². The summed E-state index contributed by atoms with van der Waals surface area (Å²) in [5, 5.41) is 18.5. The minimum Gasteiger partial charge on any atom is -0.494 e. The van der Waals surface area contributed by atoms with E-state index in [1.165, 1.54) is 13.0 Å². The summed E-state index contributed by atoms with van der Waals surface area (Å²) in [7, 11) is 0. The van der Waals surface area contributed by atoms with Crippen molar-refractivity contribution in [3.63, 3.8) is 0 Å². The molecule has 1 unspecified atom stereocenters. The molecule has 4 nitrogen and oxygen atoms in total. The Labute approximate surface area is 88.1 Å². The van der Waals surface area contributed by atoms with E-state index in [2.05, 4.69) is 0 Å². The van der Waals surface area contributed by atoms with Gasteiger partial charge in [-0.1, -0.05) is 12.1 Å². The maximum absolute atomic E-state index is 10.8. The van der Waals surface area contributed by atoms with E-state index in [1.54, 1.807) is 18.2 Å². The van der Waals surface area contributed by atoms with Crippen LogP contribution in [0.5, 0.6) is 5.75 Å². The lowest BCUT2D eigenvalue weighted by atomic mass is 9.96. The van der Waals surface area contributed by atoms with Crippen LogP contribution in [0.25, 0.3) is 0 Å². The van der Waals surface area contributed by atoms with Crippen LogP contribution in [0.15, 0.2) is 24.3 Å². The molecule has 0 radical (unpaired) electrons. The maximum atomic E-state index is 10.8. The van der Waals surface area contributed by atoms with Crippen LogP contribution in [0.2, 0.25) is 0 Å². The molecule has 0 saturated heterocycles. The van der Waals surface area contributed by atoms with Crippen molar-refractivity contribution < 1.29 is 19.7 Å². The summed E-state index contributed by atoms with van der Waals surface area (Å²) in [6, 6.07) is 6.44. The molecule has 0 saturated carbocycles. The second-order valence-electron chi connectivity index (χ2n) is 3.34. The molecule has 0 amide bonds. The molecule has 0 bridgehead atoms. The molecule has 0 aliphatic rings. The first-order valence-electron chi connectivity index (χ1n) is 4.67. The molecule has 15 heavy (non-hydrogen) atoms. The Kier molecular flexibility index (Phi) is 3.31. The van der Waals surface area contributed by atoms with Gasteiger partial charge in [0.1, 0.15) is 5.75 Å². The van der Waals surface area contributed by atoms with Gasteiger partial charge in [0.25, 0.3) is 0 Å². The molecular formula is C11H14O4. The molecule has 1 atom stereocenters. The third-order valence-corrected chi connectivity index (χ3v) is 2.12. The van der Waals surface area contributed by atoms with Crippen LogP contribution in [0.4, 0.5) is 0 Å². The molecule has 82 valence electrons. The fraction of sp³-hybridized carbons (Fsp3) is 0.364. The lowest BCUT2D eigenvalue weighted by molar-refractivity contribution is -0.157. The van der Waals surface area contributed by atoms with Crippen LogP contribution in [0.1, 0.15) is 19.4 Å². The lowest BCUT2D eigenvalue weighted by Crippen LogP contribution is -2.31. The summed E-state index contributed by atoms with van der Waals surface area (Å²) in [5.74, 6) is -0.729. The number of benzene rings is 1. The van der Waals surface area contributed by atoms with E-state index in [9.17, 15) is 9.90 Å². The van der Waals surface area contributed by atoms with Gasteiger partial charge in [-0.15, -0.1) is 0 Å². The average Bonchev–Trinajstić information content (AvgIpc) is 2.18. The Morgan fingerprint density at radius 3 is 2.73 bits per heavy atom. The fourth-order valence-corrected chi connectivity index (χ4v) is 1.18. The molecule has 1 aromatic rings. The Bertz CT molecular complexity index is 357. The normalized spacial score (nSPS) is 14.3. The monoisotopic (exact) mass is 210 g/mol. The van der Waals surface area contributed by atoms with Gasteiger partial charge in [0.2, 0.25) is 0 Å². The van der Waals surface area contributed by atoms with Crippen molar-refractivity contribution in [1.29, 1.82) is 0 Å². The number of aliphatic carboxylic acids is 1. The van der Waals surface area contributed by atoms with Crippen LogP contribution >= 0.6 is 0 Å². The first kappa shape index (κ1) is 11.5. The summed E-state index contributed by atoms with van der Waals surface area (Å²) in [6.07, 6.45) is 0. The van der Waals surface area contributed by atoms with E-state index in [4.69, 9.17) is 9.84 Å². The van der Waals surface area contributed by atoms with Gasteiger partial charge in [0.15, 0.2) is 5.60 Å². The minimum absolute atomic E-state index is 0.306. The van der Waals surface area contributed by atoms with Crippen molar-refractivity contribution in [2.45, 2.75) is 19.4 Å². The van der Waals surface area contributed by atoms with E-state index in [1.807, 2.05) is 6.92 Å². The van der Waals surface area contributed by atoms with Crippen LogP contribution in [0, 0.1) is 0 Å². The summed E-state index contributed by atoms with van der Waals surface area (Å²) in [5.41, 5.74) is -1.58. The molecule has 0 aliphatic heterocycles. The number of carboxylic acid groups (broad SMARTS) is 1. The van der Waals surface area contributed by atoms with Gasteiger partial charge < -0.3 is 14.9 Å². The van der Waals surface area contributed by atoms with Gasteiger partial charge in [-0.3, -0.25) is 0 Å². The number of carbonyl (C=O) groups is 1. The largest absolute Gasteiger partial charge is 0.494 e. The number of ether oxygens (including phenoxy) is 1. The van der Waals surface area contributed by atoms with Crippen molar-refractivity contribution in [2.75, 3.05) is 6.61 Å². The Hall–Kier alpha value is -1.55. The highest BCUT2D eigenvalue weighted by Crippen LogP contribution is 2.24. The molecule has 0 aromatic heterocycles. The summed E-state index contributed by atoms with van der Waals surface area (Å²) in [4.78, 5) is 10.8. The van der Waals surface area contributed by atoms with Gasteiger partial charge in [-0.05, 0) is 31.5 Å². The van der Waals surface area contributed by atoms with Crippen molar-refractivity contribution >= 4 is 5.97 Å². The van der Waals surface area contributed by atoms with E-state index >= 15 is 0 Å². The topological polar surface area (TPSA) is 66.8 Å². The highest BCUT2D eigenvalue weighted by atomic mass is 16.5. The number of carboxylic acids is 1. The smallest absolute Gasteiger partial charge is 0.340 e. The quantitative estimate of drug-likeness (QED) is 0.787. The first-order valence-corrected chi connectivity index (χ1v) is 4.67. The van der Waals surface area contributed by atoms with Gasteiger partial charge in [0, 0.05) is 0 Å². The van der Waals surface area contributed by atoms with Gasteiger partial charge in [-0.25, -0.2) is 4.79 Å². The zero-order valence-electron chi connectivity index (χ0n) is 8.73. The second-order valence-corrected chi connectivity index (χ2v) is 3.34. The highest BCUT2D eigenvalue weighted by Gasteiger charge is 2.32. The van der Waals surface area contributed by atoms with Crippen molar-refractivity contribution in [3.8, 4) is 5.75 Å². The highest BCUT2D eigenvalue weighted by molar-refractivity contribution is 5.78. The van der Waals surface area contributed by atoms with Crippen LogP contribution in [-0.4, -0.2) is 22.8 Å².